The van der Waals surface area contributed by atoms with E-state index in [1.807, 2.05) is 0 Å². The lowest BCUT2D eigenvalue weighted by atomic mass is 9.61. The predicted octanol–water partition coefficient (Wildman–Crippen LogP) is 6.62. The van der Waals surface area contributed by atoms with Crippen LogP contribution in [-0.4, -0.2) is 11.6 Å². The van der Waals surface area contributed by atoms with Crippen LogP contribution < -0.4 is 0 Å². The summed E-state index contributed by atoms with van der Waals surface area (Å²) in [7, 11) is 0. The van der Waals surface area contributed by atoms with Crippen LogP contribution in [0.4, 0.5) is 0 Å². The number of carbonyl (C=O) groups excluding carboxylic acids is 1. The smallest absolute Gasteiger partial charge is 0.312 e. The fraction of sp³-hybridized carbons (Fsp3) is 0.955. The van der Waals surface area contributed by atoms with Gasteiger partial charge in [-0.2, -0.15) is 0 Å². The zero-order valence-electron chi connectivity index (χ0n) is 18.0. The van der Waals surface area contributed by atoms with Crippen molar-refractivity contribution in [2.75, 3.05) is 0 Å². The normalized spacial score (nSPS) is 25.9. The number of hydrogen-bond donors (Lipinski definition) is 0. The lowest BCUT2D eigenvalue weighted by molar-refractivity contribution is -0.186. The van der Waals surface area contributed by atoms with E-state index in [0.29, 0.717) is 11.8 Å². The van der Waals surface area contributed by atoms with Crippen molar-refractivity contribution in [3.63, 3.8) is 0 Å². The third kappa shape index (κ3) is 4.99. The number of esters is 1. The van der Waals surface area contributed by atoms with E-state index in [2.05, 4.69) is 69.2 Å². The molecule has 1 aliphatic rings. The summed E-state index contributed by atoms with van der Waals surface area (Å²) in [5.41, 5.74) is -0.920. The van der Waals surface area contributed by atoms with E-state index < -0.39 is 5.41 Å². The third-order valence-electron chi connectivity index (χ3n) is 6.35. The molecule has 3 atom stereocenters. The van der Waals surface area contributed by atoms with Crippen LogP contribution >= 0.6 is 0 Å². The minimum atomic E-state index is -0.486. The van der Waals surface area contributed by atoms with E-state index in [0.717, 1.165) is 6.42 Å². The Kier molecular flexibility index (Phi) is 6.27. The molecule has 2 nitrogen and oxygen atoms in total. The molecule has 0 aromatic carbocycles. The third-order valence-corrected chi connectivity index (χ3v) is 6.35. The molecule has 24 heavy (non-hydrogen) atoms. The molecule has 1 rings (SSSR count). The molecule has 1 aliphatic carbocycles. The zero-order chi connectivity index (χ0) is 19.0. The van der Waals surface area contributed by atoms with Crippen molar-refractivity contribution in [3.05, 3.63) is 0 Å². The van der Waals surface area contributed by atoms with Gasteiger partial charge in [0.15, 0.2) is 0 Å². The maximum Gasteiger partial charge on any atom is 0.312 e. The maximum absolute atomic E-state index is 13.3. The summed E-state index contributed by atoms with van der Waals surface area (Å²) in [5.74, 6) is 1.08. The van der Waals surface area contributed by atoms with Gasteiger partial charge in [-0.05, 0) is 50.4 Å². The van der Waals surface area contributed by atoms with Crippen molar-refractivity contribution in [1.29, 1.82) is 0 Å². The minimum Gasteiger partial charge on any atom is -0.459 e. The zero-order valence-corrected chi connectivity index (χ0v) is 18.0. The van der Waals surface area contributed by atoms with Crippen molar-refractivity contribution in [2.45, 2.75) is 107 Å². The standard InChI is InChI=1S/C22H42O2/c1-16-13-11-12-14-17(16)21(8,9)24-18(23)22(10,20(5,6)7)15-19(2,3)4/h16-17H,11-15H2,1-10H3. The van der Waals surface area contributed by atoms with Crippen LogP contribution in [0.5, 0.6) is 0 Å². The van der Waals surface area contributed by atoms with Gasteiger partial charge < -0.3 is 4.74 Å². The molecule has 1 fully saturated rings. The van der Waals surface area contributed by atoms with E-state index in [1.165, 1.54) is 25.7 Å². The Labute approximate surface area is 151 Å². The Bertz CT molecular complexity index is 436. The van der Waals surface area contributed by atoms with Gasteiger partial charge >= 0.3 is 5.97 Å². The molecule has 2 heteroatoms. The Morgan fingerprint density at radius 1 is 0.917 bits per heavy atom. The van der Waals surface area contributed by atoms with Crippen molar-refractivity contribution in [3.8, 4) is 0 Å². The van der Waals surface area contributed by atoms with E-state index in [1.54, 1.807) is 0 Å². The van der Waals surface area contributed by atoms with Gasteiger partial charge in [-0.1, -0.05) is 67.7 Å². The highest BCUT2D eigenvalue weighted by Crippen LogP contribution is 2.49. The van der Waals surface area contributed by atoms with E-state index in [4.69, 9.17) is 4.74 Å². The fourth-order valence-electron chi connectivity index (χ4n) is 4.48. The first-order valence-electron chi connectivity index (χ1n) is 9.84. The molecule has 142 valence electrons. The first-order chi connectivity index (χ1) is 10.6. The number of ether oxygens (including phenoxy) is 1. The summed E-state index contributed by atoms with van der Waals surface area (Å²) >= 11 is 0. The van der Waals surface area contributed by atoms with Gasteiger partial charge in [0.25, 0.3) is 0 Å². The second kappa shape index (κ2) is 7.00. The number of hydrogen-bond acceptors (Lipinski definition) is 2. The molecule has 0 N–H and O–H groups in total. The molecule has 0 amide bonds. The summed E-state index contributed by atoms with van der Waals surface area (Å²) in [6, 6.07) is 0. The van der Waals surface area contributed by atoms with Gasteiger partial charge in [-0.25, -0.2) is 0 Å². The van der Waals surface area contributed by atoms with Crippen LogP contribution in [0.3, 0.4) is 0 Å². The Morgan fingerprint density at radius 2 is 1.42 bits per heavy atom. The average Bonchev–Trinajstić information content (AvgIpc) is 2.34. The van der Waals surface area contributed by atoms with Crippen LogP contribution in [0.15, 0.2) is 0 Å². The molecule has 0 radical (unpaired) electrons. The summed E-state index contributed by atoms with van der Waals surface area (Å²) < 4.78 is 6.25. The highest BCUT2D eigenvalue weighted by Gasteiger charge is 2.50. The van der Waals surface area contributed by atoms with Crippen LogP contribution in [0.1, 0.15) is 101 Å². The molecule has 0 saturated heterocycles. The van der Waals surface area contributed by atoms with Gasteiger partial charge in [0.2, 0.25) is 0 Å². The summed E-state index contributed by atoms with van der Waals surface area (Å²) in [6.45, 7) is 21.8. The molecule has 1 saturated carbocycles. The van der Waals surface area contributed by atoms with Crippen LogP contribution in [0, 0.1) is 28.1 Å². The second-order valence-corrected chi connectivity index (χ2v) is 11.2. The largest absolute Gasteiger partial charge is 0.459 e. The van der Waals surface area contributed by atoms with Crippen molar-refractivity contribution in [2.24, 2.45) is 28.1 Å². The summed E-state index contributed by atoms with van der Waals surface area (Å²) in [4.78, 5) is 13.3. The SMILES string of the molecule is CC1CCCCC1C(C)(C)OC(=O)C(C)(CC(C)(C)C)C(C)(C)C. The molecular formula is C22H42O2. The molecule has 0 aromatic heterocycles. The second-order valence-electron chi connectivity index (χ2n) is 11.2. The Balaban J connectivity index is 3.03. The Morgan fingerprint density at radius 3 is 1.83 bits per heavy atom. The monoisotopic (exact) mass is 338 g/mol. The summed E-state index contributed by atoms with van der Waals surface area (Å²) in [5, 5.41) is 0. The Hall–Kier alpha value is -0.530. The molecule has 0 bridgehead atoms. The molecule has 0 heterocycles. The van der Waals surface area contributed by atoms with Crippen LogP contribution in [-0.2, 0) is 9.53 Å². The van der Waals surface area contributed by atoms with Gasteiger partial charge in [0, 0.05) is 5.92 Å². The number of rotatable bonds is 4. The molecular weight excluding hydrogens is 296 g/mol. The van der Waals surface area contributed by atoms with Crippen LogP contribution in [0.2, 0.25) is 0 Å². The first kappa shape index (κ1) is 21.5. The maximum atomic E-state index is 13.3. The number of carbonyl (C=O) groups is 1. The van der Waals surface area contributed by atoms with Gasteiger partial charge in [0.05, 0.1) is 5.41 Å². The van der Waals surface area contributed by atoms with E-state index >= 15 is 0 Å². The van der Waals surface area contributed by atoms with Crippen molar-refractivity contribution in [1.82, 2.24) is 0 Å². The lowest BCUT2D eigenvalue weighted by Crippen LogP contribution is -2.49. The molecule has 0 aliphatic heterocycles. The van der Waals surface area contributed by atoms with E-state index in [9.17, 15) is 4.79 Å². The summed E-state index contributed by atoms with van der Waals surface area (Å²) in [6.07, 6.45) is 5.83. The molecule has 0 spiro atoms. The van der Waals surface area contributed by atoms with Gasteiger partial charge in [-0.15, -0.1) is 0 Å². The predicted molar refractivity (Wildman–Crippen MR) is 103 cm³/mol. The first-order valence-corrected chi connectivity index (χ1v) is 9.84. The molecule has 0 aromatic rings. The van der Waals surface area contributed by atoms with Gasteiger partial charge in [-0.3, -0.25) is 4.79 Å². The minimum absolute atomic E-state index is 0.0206. The highest BCUT2D eigenvalue weighted by atomic mass is 16.6. The van der Waals surface area contributed by atoms with Crippen LogP contribution in [0.25, 0.3) is 0 Å². The molecule has 3 unspecified atom stereocenters. The lowest BCUT2D eigenvalue weighted by Gasteiger charge is -2.47. The van der Waals surface area contributed by atoms with Crippen molar-refractivity contribution >= 4 is 5.97 Å². The van der Waals surface area contributed by atoms with Crippen molar-refractivity contribution < 1.29 is 9.53 Å². The fourth-order valence-corrected chi connectivity index (χ4v) is 4.48. The van der Waals surface area contributed by atoms with E-state index in [-0.39, 0.29) is 22.4 Å². The highest BCUT2D eigenvalue weighted by molar-refractivity contribution is 5.78. The quantitative estimate of drug-likeness (QED) is 0.538. The van der Waals surface area contributed by atoms with Gasteiger partial charge in [0.1, 0.15) is 5.60 Å². The topological polar surface area (TPSA) is 26.3 Å². The average molecular weight is 339 g/mol.